The normalized spacial score (nSPS) is 25.0. The SMILES string of the molecule is CC(=O)N1CCCC12CCCN(CCc1ccccc1)C2=O. The van der Waals surface area contributed by atoms with Crippen molar-refractivity contribution in [3.05, 3.63) is 35.9 Å². The highest BCUT2D eigenvalue weighted by Gasteiger charge is 2.51. The molecule has 0 aliphatic carbocycles. The summed E-state index contributed by atoms with van der Waals surface area (Å²) in [4.78, 5) is 28.7. The first-order chi connectivity index (χ1) is 10.6. The Morgan fingerprint density at radius 2 is 1.82 bits per heavy atom. The summed E-state index contributed by atoms with van der Waals surface area (Å²) in [6.45, 7) is 3.88. The summed E-state index contributed by atoms with van der Waals surface area (Å²) in [5.74, 6) is 0.207. The fourth-order valence-electron chi connectivity index (χ4n) is 4.01. The van der Waals surface area contributed by atoms with Gasteiger partial charge in [0.05, 0.1) is 0 Å². The molecule has 118 valence electrons. The molecule has 2 aliphatic rings. The molecule has 0 bridgehead atoms. The fourth-order valence-corrected chi connectivity index (χ4v) is 4.01. The fraction of sp³-hybridized carbons (Fsp3) is 0.556. The van der Waals surface area contributed by atoms with Crippen molar-refractivity contribution in [2.45, 2.75) is 44.6 Å². The van der Waals surface area contributed by atoms with Gasteiger partial charge in [0.1, 0.15) is 5.54 Å². The van der Waals surface area contributed by atoms with E-state index in [4.69, 9.17) is 0 Å². The maximum atomic E-state index is 13.0. The molecule has 0 saturated carbocycles. The maximum absolute atomic E-state index is 13.0. The number of benzene rings is 1. The third kappa shape index (κ3) is 2.62. The van der Waals surface area contributed by atoms with Crippen molar-refractivity contribution in [3.8, 4) is 0 Å². The molecule has 2 fully saturated rings. The van der Waals surface area contributed by atoms with E-state index in [0.717, 1.165) is 51.7 Å². The highest BCUT2D eigenvalue weighted by atomic mass is 16.2. The summed E-state index contributed by atoms with van der Waals surface area (Å²) in [6, 6.07) is 10.3. The average molecular weight is 300 g/mol. The monoisotopic (exact) mass is 300 g/mol. The van der Waals surface area contributed by atoms with E-state index in [2.05, 4.69) is 12.1 Å². The summed E-state index contributed by atoms with van der Waals surface area (Å²) >= 11 is 0. The number of nitrogens with zero attached hydrogens (tertiary/aromatic N) is 2. The predicted octanol–water partition coefficient (Wildman–Crippen LogP) is 2.23. The second-order valence-corrected chi connectivity index (χ2v) is 6.44. The lowest BCUT2D eigenvalue weighted by molar-refractivity contribution is -0.154. The number of rotatable bonds is 3. The second kappa shape index (κ2) is 6.11. The van der Waals surface area contributed by atoms with E-state index in [-0.39, 0.29) is 11.8 Å². The molecule has 2 saturated heterocycles. The third-order valence-electron chi connectivity index (χ3n) is 5.09. The third-order valence-corrected chi connectivity index (χ3v) is 5.09. The molecule has 22 heavy (non-hydrogen) atoms. The highest BCUT2D eigenvalue weighted by Crippen LogP contribution is 2.38. The van der Waals surface area contributed by atoms with Crippen LogP contribution in [0.5, 0.6) is 0 Å². The minimum Gasteiger partial charge on any atom is -0.340 e. The van der Waals surface area contributed by atoms with E-state index >= 15 is 0 Å². The lowest BCUT2D eigenvalue weighted by Crippen LogP contribution is -2.61. The molecule has 4 nitrogen and oxygen atoms in total. The van der Waals surface area contributed by atoms with Gasteiger partial charge >= 0.3 is 0 Å². The summed E-state index contributed by atoms with van der Waals surface area (Å²) in [6.07, 6.45) is 4.46. The van der Waals surface area contributed by atoms with E-state index in [0.29, 0.717) is 0 Å². The van der Waals surface area contributed by atoms with Gasteiger partial charge in [-0.15, -0.1) is 0 Å². The molecule has 1 atom stereocenters. The smallest absolute Gasteiger partial charge is 0.248 e. The van der Waals surface area contributed by atoms with E-state index in [1.807, 2.05) is 28.0 Å². The predicted molar refractivity (Wildman–Crippen MR) is 85.3 cm³/mol. The van der Waals surface area contributed by atoms with Gasteiger partial charge in [-0.1, -0.05) is 30.3 Å². The van der Waals surface area contributed by atoms with Crippen LogP contribution in [0.2, 0.25) is 0 Å². The molecule has 1 aromatic rings. The van der Waals surface area contributed by atoms with E-state index < -0.39 is 5.54 Å². The van der Waals surface area contributed by atoms with Crippen molar-refractivity contribution in [1.82, 2.24) is 9.80 Å². The van der Waals surface area contributed by atoms with E-state index in [9.17, 15) is 9.59 Å². The van der Waals surface area contributed by atoms with Crippen LogP contribution < -0.4 is 0 Å². The number of hydrogen-bond donors (Lipinski definition) is 0. The first kappa shape index (κ1) is 15.1. The summed E-state index contributed by atoms with van der Waals surface area (Å²) < 4.78 is 0. The summed E-state index contributed by atoms with van der Waals surface area (Å²) in [5.41, 5.74) is 0.714. The van der Waals surface area contributed by atoms with E-state index in [1.54, 1.807) is 6.92 Å². The molecule has 0 N–H and O–H groups in total. The zero-order chi connectivity index (χ0) is 15.6. The molecular weight excluding hydrogens is 276 g/mol. The molecular formula is C18H24N2O2. The van der Waals surface area contributed by atoms with Crippen LogP contribution in [-0.2, 0) is 16.0 Å². The van der Waals surface area contributed by atoms with Crippen LogP contribution in [0.4, 0.5) is 0 Å². The van der Waals surface area contributed by atoms with Gasteiger partial charge in [-0.3, -0.25) is 9.59 Å². The summed E-state index contributed by atoms with van der Waals surface area (Å²) in [5, 5.41) is 0. The van der Waals surface area contributed by atoms with Gasteiger partial charge in [0.15, 0.2) is 0 Å². The minimum absolute atomic E-state index is 0.0377. The van der Waals surface area contributed by atoms with Crippen LogP contribution in [0.1, 0.15) is 38.2 Å². The Balaban J connectivity index is 1.71. The first-order valence-electron chi connectivity index (χ1n) is 8.25. The highest BCUT2D eigenvalue weighted by molar-refractivity contribution is 5.92. The number of likely N-dealkylation sites (tertiary alicyclic amines) is 2. The Labute approximate surface area is 132 Å². The van der Waals surface area contributed by atoms with Crippen molar-refractivity contribution in [2.24, 2.45) is 0 Å². The Morgan fingerprint density at radius 3 is 2.50 bits per heavy atom. The number of amides is 2. The van der Waals surface area contributed by atoms with Crippen LogP contribution in [0.15, 0.2) is 30.3 Å². The molecule has 2 amide bonds. The van der Waals surface area contributed by atoms with Gasteiger partial charge in [-0.05, 0) is 37.7 Å². The maximum Gasteiger partial charge on any atom is 0.248 e. The van der Waals surface area contributed by atoms with Crippen molar-refractivity contribution in [2.75, 3.05) is 19.6 Å². The standard InChI is InChI=1S/C18H24N2O2/c1-15(21)20-13-6-11-18(20)10-5-12-19(17(18)22)14-9-16-7-3-2-4-8-16/h2-4,7-8H,5-6,9-14H2,1H3. The Morgan fingerprint density at radius 1 is 1.14 bits per heavy atom. The molecule has 0 radical (unpaired) electrons. The zero-order valence-corrected chi connectivity index (χ0v) is 13.3. The lowest BCUT2D eigenvalue weighted by atomic mass is 9.85. The molecule has 1 aromatic carbocycles. The van der Waals surface area contributed by atoms with Crippen LogP contribution >= 0.6 is 0 Å². The molecule has 0 aromatic heterocycles. The van der Waals surface area contributed by atoms with Crippen LogP contribution in [0, 0.1) is 0 Å². The molecule has 1 unspecified atom stereocenters. The van der Waals surface area contributed by atoms with Crippen molar-refractivity contribution < 1.29 is 9.59 Å². The van der Waals surface area contributed by atoms with Gasteiger partial charge < -0.3 is 9.80 Å². The van der Waals surface area contributed by atoms with Crippen LogP contribution in [0.25, 0.3) is 0 Å². The topological polar surface area (TPSA) is 40.6 Å². The second-order valence-electron chi connectivity index (χ2n) is 6.44. The first-order valence-corrected chi connectivity index (χ1v) is 8.25. The average Bonchev–Trinajstić information content (AvgIpc) is 2.95. The van der Waals surface area contributed by atoms with Crippen molar-refractivity contribution in [1.29, 1.82) is 0 Å². The Hall–Kier alpha value is -1.84. The largest absolute Gasteiger partial charge is 0.340 e. The molecule has 4 heteroatoms. The zero-order valence-electron chi connectivity index (χ0n) is 13.3. The van der Waals surface area contributed by atoms with Crippen molar-refractivity contribution in [3.63, 3.8) is 0 Å². The van der Waals surface area contributed by atoms with Gasteiger partial charge in [0, 0.05) is 26.6 Å². The van der Waals surface area contributed by atoms with E-state index in [1.165, 1.54) is 5.56 Å². The molecule has 3 rings (SSSR count). The van der Waals surface area contributed by atoms with Crippen molar-refractivity contribution >= 4 is 11.8 Å². The van der Waals surface area contributed by atoms with Crippen LogP contribution in [0.3, 0.4) is 0 Å². The molecule has 2 aliphatic heterocycles. The van der Waals surface area contributed by atoms with Gasteiger partial charge in [-0.2, -0.15) is 0 Å². The summed E-state index contributed by atoms with van der Waals surface area (Å²) in [7, 11) is 0. The number of hydrogen-bond acceptors (Lipinski definition) is 2. The minimum atomic E-state index is -0.541. The Kier molecular flexibility index (Phi) is 4.19. The van der Waals surface area contributed by atoms with Gasteiger partial charge in [-0.25, -0.2) is 0 Å². The van der Waals surface area contributed by atoms with Crippen LogP contribution in [-0.4, -0.2) is 46.8 Å². The Bertz CT molecular complexity index is 557. The van der Waals surface area contributed by atoms with Gasteiger partial charge in [0.2, 0.25) is 11.8 Å². The number of carbonyl (C=O) groups excluding carboxylic acids is 2. The molecule has 2 heterocycles. The lowest BCUT2D eigenvalue weighted by Gasteiger charge is -2.44. The number of carbonyl (C=O) groups is 2. The number of piperidine rings is 1. The quantitative estimate of drug-likeness (QED) is 0.859. The molecule has 1 spiro atoms. The van der Waals surface area contributed by atoms with Gasteiger partial charge in [0.25, 0.3) is 0 Å².